The van der Waals surface area contributed by atoms with Crippen LogP contribution in [0.2, 0.25) is 0 Å². The molecule has 0 bridgehead atoms. The van der Waals surface area contributed by atoms with Gasteiger partial charge < -0.3 is 19.6 Å². The van der Waals surface area contributed by atoms with Gasteiger partial charge in [-0.1, -0.05) is 18.5 Å². The van der Waals surface area contributed by atoms with E-state index in [1.165, 1.54) is 31.4 Å². The molecule has 4 rings (SSSR count). The molecule has 2 aromatic rings. The fourth-order valence-electron chi connectivity index (χ4n) is 4.84. The van der Waals surface area contributed by atoms with E-state index in [1.54, 1.807) is 19.0 Å². The number of piperidine rings is 1. The Morgan fingerprint density at radius 3 is 2.67 bits per heavy atom. The molecule has 1 aromatic heterocycles. The van der Waals surface area contributed by atoms with Gasteiger partial charge in [0.25, 0.3) is 5.91 Å². The van der Waals surface area contributed by atoms with Crippen molar-refractivity contribution in [1.29, 1.82) is 0 Å². The molecule has 2 fully saturated rings. The first-order chi connectivity index (χ1) is 15.6. The summed E-state index contributed by atoms with van der Waals surface area (Å²) in [5.41, 5.74) is 0.310. The molecule has 1 aromatic carbocycles. The van der Waals surface area contributed by atoms with Gasteiger partial charge in [0, 0.05) is 51.9 Å². The molecule has 2 aliphatic rings. The van der Waals surface area contributed by atoms with E-state index in [-0.39, 0.29) is 34.9 Å². The van der Waals surface area contributed by atoms with Crippen LogP contribution < -0.4 is 5.32 Å². The van der Waals surface area contributed by atoms with Crippen molar-refractivity contribution in [2.45, 2.75) is 38.6 Å². The minimum Gasteiger partial charge on any atom is -0.355 e. The number of hydrogen-bond donors (Lipinski definition) is 1. The van der Waals surface area contributed by atoms with E-state index in [2.05, 4.69) is 22.3 Å². The van der Waals surface area contributed by atoms with Gasteiger partial charge in [0.05, 0.1) is 11.5 Å². The third kappa shape index (κ3) is 5.08. The van der Waals surface area contributed by atoms with Crippen LogP contribution in [0.3, 0.4) is 0 Å². The Bertz CT molecular complexity index is 1030. The second-order valence-electron chi connectivity index (χ2n) is 9.81. The van der Waals surface area contributed by atoms with Gasteiger partial charge in [-0.25, -0.2) is 8.78 Å². The van der Waals surface area contributed by atoms with Crippen molar-refractivity contribution < 1.29 is 22.9 Å². The highest BCUT2D eigenvalue weighted by Gasteiger charge is 2.40. The fraction of sp³-hybridized carbons (Fsp3) is 0.542. The quantitative estimate of drug-likeness (QED) is 0.716. The predicted octanol–water partition coefficient (Wildman–Crippen LogP) is 3.32. The second kappa shape index (κ2) is 9.21. The van der Waals surface area contributed by atoms with Crippen molar-refractivity contribution >= 4 is 11.8 Å². The second-order valence-corrected chi connectivity index (χ2v) is 9.81. The van der Waals surface area contributed by atoms with E-state index in [0.717, 1.165) is 25.2 Å². The van der Waals surface area contributed by atoms with Gasteiger partial charge in [-0.15, -0.1) is 0 Å². The third-order valence-corrected chi connectivity index (χ3v) is 6.88. The van der Waals surface area contributed by atoms with Gasteiger partial charge in [0.15, 0.2) is 11.5 Å². The van der Waals surface area contributed by atoms with Crippen LogP contribution in [0.15, 0.2) is 28.8 Å². The summed E-state index contributed by atoms with van der Waals surface area (Å²) in [5, 5.41) is 6.69. The first kappa shape index (κ1) is 23.4. The number of rotatable bonds is 6. The zero-order valence-electron chi connectivity index (χ0n) is 19.2. The Hall–Kier alpha value is -2.81. The van der Waals surface area contributed by atoms with Gasteiger partial charge in [0.2, 0.25) is 5.91 Å². The molecule has 9 heteroatoms. The van der Waals surface area contributed by atoms with Gasteiger partial charge in [0.1, 0.15) is 11.6 Å². The number of halogens is 2. The van der Waals surface area contributed by atoms with Crippen molar-refractivity contribution in [3.05, 3.63) is 41.6 Å². The Labute approximate surface area is 192 Å². The molecule has 0 spiro atoms. The Morgan fingerprint density at radius 2 is 2.03 bits per heavy atom. The number of nitrogens with one attached hydrogen (secondary N) is 1. The minimum absolute atomic E-state index is 0.0152. The van der Waals surface area contributed by atoms with Gasteiger partial charge in [-0.2, -0.15) is 0 Å². The molecule has 1 N–H and O–H groups in total. The van der Waals surface area contributed by atoms with Gasteiger partial charge in [-0.05, 0) is 36.8 Å². The zero-order chi connectivity index (χ0) is 23.8. The normalized spacial score (nSPS) is 22.5. The zero-order valence-corrected chi connectivity index (χ0v) is 19.2. The van der Waals surface area contributed by atoms with Crippen LogP contribution >= 0.6 is 0 Å². The van der Waals surface area contributed by atoms with E-state index >= 15 is 0 Å². The lowest BCUT2D eigenvalue weighted by atomic mass is 9.70. The number of nitrogens with zero attached hydrogens (tertiary/aromatic N) is 3. The molecule has 0 radical (unpaired) electrons. The smallest absolute Gasteiger partial charge is 0.273 e. The van der Waals surface area contributed by atoms with Crippen molar-refractivity contribution in [3.63, 3.8) is 0 Å². The van der Waals surface area contributed by atoms with E-state index in [4.69, 9.17) is 4.52 Å². The molecule has 1 aliphatic heterocycles. The number of aromatic nitrogens is 1. The van der Waals surface area contributed by atoms with Crippen LogP contribution in [0.5, 0.6) is 0 Å². The standard InChI is InChI=1S/C24H30F2N4O3/c1-24(8-4-9-24)14-30-10-7-19(17(13-30)23(32)29(2)3)27-22(31)20-12-21(33-28-20)16-6-5-15(25)11-18(16)26/h5-6,11-12,17,19H,4,7-10,13-14H2,1-3H3,(H,27,31)/t17-,19-/m1/s1. The molecule has 1 saturated carbocycles. The summed E-state index contributed by atoms with van der Waals surface area (Å²) >= 11 is 0. The van der Waals surface area contributed by atoms with Crippen LogP contribution in [0, 0.1) is 23.0 Å². The van der Waals surface area contributed by atoms with Crippen LogP contribution in [0.1, 0.15) is 43.1 Å². The molecule has 33 heavy (non-hydrogen) atoms. The summed E-state index contributed by atoms with van der Waals surface area (Å²) in [6, 6.07) is 4.06. The lowest BCUT2D eigenvalue weighted by Gasteiger charge is -2.46. The molecule has 2 heterocycles. The summed E-state index contributed by atoms with van der Waals surface area (Å²) in [5.74, 6) is -2.37. The maximum Gasteiger partial charge on any atom is 0.273 e. The predicted molar refractivity (Wildman–Crippen MR) is 118 cm³/mol. The van der Waals surface area contributed by atoms with E-state index < -0.39 is 17.5 Å². The number of likely N-dealkylation sites (tertiary alicyclic amines) is 1. The van der Waals surface area contributed by atoms with E-state index in [0.29, 0.717) is 18.4 Å². The monoisotopic (exact) mass is 460 g/mol. The Kier molecular flexibility index (Phi) is 6.52. The van der Waals surface area contributed by atoms with Crippen LogP contribution in [-0.4, -0.2) is 66.5 Å². The van der Waals surface area contributed by atoms with Crippen molar-refractivity contribution in [2.75, 3.05) is 33.7 Å². The van der Waals surface area contributed by atoms with Crippen LogP contribution in [0.25, 0.3) is 11.3 Å². The summed E-state index contributed by atoms with van der Waals surface area (Å²) in [4.78, 5) is 29.7. The Balaban J connectivity index is 1.45. The molecule has 0 unspecified atom stereocenters. The molecule has 178 valence electrons. The number of hydrogen-bond acceptors (Lipinski definition) is 5. The average molecular weight is 461 g/mol. The third-order valence-electron chi connectivity index (χ3n) is 6.88. The maximum atomic E-state index is 14.0. The summed E-state index contributed by atoms with van der Waals surface area (Å²) < 4.78 is 32.3. The maximum absolute atomic E-state index is 14.0. The minimum atomic E-state index is -0.803. The van der Waals surface area contributed by atoms with Gasteiger partial charge >= 0.3 is 0 Å². The average Bonchev–Trinajstić information content (AvgIpc) is 3.23. The summed E-state index contributed by atoms with van der Waals surface area (Å²) in [7, 11) is 3.43. The van der Waals surface area contributed by atoms with Crippen molar-refractivity contribution in [1.82, 2.24) is 20.3 Å². The first-order valence-corrected chi connectivity index (χ1v) is 11.3. The Morgan fingerprint density at radius 1 is 1.27 bits per heavy atom. The number of benzene rings is 1. The van der Waals surface area contributed by atoms with Gasteiger partial charge in [-0.3, -0.25) is 9.59 Å². The lowest BCUT2D eigenvalue weighted by Crippen LogP contribution is -2.57. The SMILES string of the molecule is CN(C)C(=O)[C@@H]1CN(CC2(C)CCC2)CC[C@H]1NC(=O)c1cc(-c2ccc(F)cc2F)on1. The highest BCUT2D eigenvalue weighted by Crippen LogP contribution is 2.41. The number of carbonyl (C=O) groups is 2. The highest BCUT2D eigenvalue weighted by atomic mass is 19.1. The van der Waals surface area contributed by atoms with Crippen molar-refractivity contribution in [2.24, 2.45) is 11.3 Å². The van der Waals surface area contributed by atoms with Crippen molar-refractivity contribution in [3.8, 4) is 11.3 Å². The summed E-state index contributed by atoms with van der Waals surface area (Å²) in [6.45, 7) is 4.63. The molecule has 2 atom stereocenters. The molecular formula is C24H30F2N4O3. The molecule has 2 amide bonds. The van der Waals surface area contributed by atoms with Crippen LogP contribution in [0.4, 0.5) is 8.78 Å². The fourth-order valence-corrected chi connectivity index (χ4v) is 4.84. The molecule has 7 nitrogen and oxygen atoms in total. The number of carbonyl (C=O) groups excluding carboxylic acids is 2. The lowest BCUT2D eigenvalue weighted by molar-refractivity contribution is -0.136. The largest absolute Gasteiger partial charge is 0.355 e. The van der Waals surface area contributed by atoms with Crippen LogP contribution in [-0.2, 0) is 4.79 Å². The molecule has 1 aliphatic carbocycles. The highest BCUT2D eigenvalue weighted by molar-refractivity contribution is 5.94. The van der Waals surface area contributed by atoms with E-state index in [9.17, 15) is 18.4 Å². The molecular weight excluding hydrogens is 430 g/mol. The molecule has 1 saturated heterocycles. The first-order valence-electron chi connectivity index (χ1n) is 11.3. The topological polar surface area (TPSA) is 78.7 Å². The van der Waals surface area contributed by atoms with E-state index in [1.807, 2.05) is 0 Å². The summed E-state index contributed by atoms with van der Waals surface area (Å²) in [6.07, 6.45) is 4.31. The number of amides is 2.